The van der Waals surface area contributed by atoms with Gasteiger partial charge in [0.05, 0.1) is 6.54 Å². The Balaban J connectivity index is 1.66. The van der Waals surface area contributed by atoms with E-state index in [0.29, 0.717) is 17.1 Å². The van der Waals surface area contributed by atoms with E-state index in [1.54, 1.807) is 30.7 Å². The molecule has 1 unspecified atom stereocenters. The first-order valence-corrected chi connectivity index (χ1v) is 11.4. The van der Waals surface area contributed by atoms with Crippen molar-refractivity contribution in [2.24, 2.45) is 0 Å². The van der Waals surface area contributed by atoms with Gasteiger partial charge >= 0.3 is 0 Å². The molecule has 0 spiro atoms. The van der Waals surface area contributed by atoms with E-state index in [1.165, 1.54) is 11.2 Å². The maximum absolute atomic E-state index is 13.9. The number of thioether (sulfide) groups is 1. The summed E-state index contributed by atoms with van der Waals surface area (Å²) in [6.45, 7) is 0.205. The van der Waals surface area contributed by atoms with Gasteiger partial charge in [-0.15, -0.1) is 0 Å². The number of rotatable bonds is 8. The minimum atomic E-state index is -0.966. The van der Waals surface area contributed by atoms with Crippen LogP contribution in [-0.2, 0) is 21.9 Å². The molecule has 7 heteroatoms. The molecule has 4 rings (SSSR count). The molecule has 2 aromatic heterocycles. The number of aromatic nitrogens is 3. The Kier molecular flexibility index (Phi) is 7.56. The number of pyridine rings is 1. The quantitative estimate of drug-likeness (QED) is 0.361. The minimum Gasteiger partial charge on any atom is -0.291 e. The van der Waals surface area contributed by atoms with Crippen LogP contribution in [0.25, 0.3) is 0 Å². The molecular formula is C26H22N4O2S. The molecule has 0 saturated carbocycles. The number of hydrogen-bond donors (Lipinski definition) is 0. The zero-order valence-electron chi connectivity index (χ0n) is 17.8. The van der Waals surface area contributed by atoms with Crippen molar-refractivity contribution in [2.75, 3.05) is 4.90 Å². The largest absolute Gasteiger partial charge is 0.291 e. The molecule has 164 valence electrons. The molecule has 0 aliphatic rings. The molecule has 0 bridgehead atoms. The number of amides is 1. The summed E-state index contributed by atoms with van der Waals surface area (Å²) in [6.07, 6.45) is 6.37. The molecule has 0 aliphatic carbocycles. The summed E-state index contributed by atoms with van der Waals surface area (Å²) in [5.74, 6) is -0.346. The maximum Gasteiger partial charge on any atom is 0.244 e. The fraction of sp³-hybridized carbons (Fsp3) is 0.115. The SMILES string of the molecule is O=C(SCc1ccccc1)C(C(=O)N(Cc1cncnc1)c1ccccn1)c1ccccc1. The van der Waals surface area contributed by atoms with Crippen molar-refractivity contribution in [2.45, 2.75) is 18.2 Å². The predicted molar refractivity (Wildman–Crippen MR) is 129 cm³/mol. The van der Waals surface area contributed by atoms with E-state index in [1.807, 2.05) is 66.7 Å². The van der Waals surface area contributed by atoms with Crippen LogP contribution >= 0.6 is 11.8 Å². The van der Waals surface area contributed by atoms with E-state index < -0.39 is 5.92 Å². The lowest BCUT2D eigenvalue weighted by Crippen LogP contribution is -2.38. The van der Waals surface area contributed by atoms with Crippen LogP contribution in [0.1, 0.15) is 22.6 Å². The Hall–Kier alpha value is -3.84. The summed E-state index contributed by atoms with van der Waals surface area (Å²) >= 11 is 1.15. The van der Waals surface area contributed by atoms with Crippen molar-refractivity contribution in [3.05, 3.63) is 120 Å². The van der Waals surface area contributed by atoms with E-state index >= 15 is 0 Å². The zero-order valence-corrected chi connectivity index (χ0v) is 18.6. The van der Waals surface area contributed by atoms with Gasteiger partial charge in [-0.25, -0.2) is 15.0 Å². The third-order valence-corrected chi connectivity index (χ3v) is 5.98. The van der Waals surface area contributed by atoms with Crippen molar-refractivity contribution in [3.63, 3.8) is 0 Å². The van der Waals surface area contributed by atoms with E-state index in [4.69, 9.17) is 0 Å². The Labute approximate surface area is 196 Å². The van der Waals surface area contributed by atoms with Crippen molar-refractivity contribution < 1.29 is 9.59 Å². The van der Waals surface area contributed by atoms with Gasteiger partial charge < -0.3 is 0 Å². The zero-order chi connectivity index (χ0) is 22.9. The number of hydrogen-bond acceptors (Lipinski definition) is 6. The summed E-state index contributed by atoms with van der Waals surface area (Å²) < 4.78 is 0. The first-order valence-electron chi connectivity index (χ1n) is 10.4. The molecule has 0 fully saturated rings. The minimum absolute atomic E-state index is 0.205. The summed E-state index contributed by atoms with van der Waals surface area (Å²) in [4.78, 5) is 41.3. The van der Waals surface area contributed by atoms with E-state index in [0.717, 1.165) is 22.9 Å². The molecule has 1 atom stereocenters. The second-order valence-corrected chi connectivity index (χ2v) is 8.28. The van der Waals surface area contributed by atoms with Gasteiger partial charge in [0, 0.05) is 29.9 Å². The molecule has 2 heterocycles. The van der Waals surface area contributed by atoms with Crippen LogP contribution in [0.15, 0.2) is 104 Å². The third-order valence-electron chi connectivity index (χ3n) is 4.99. The summed E-state index contributed by atoms with van der Waals surface area (Å²) in [7, 11) is 0. The predicted octanol–water partition coefficient (Wildman–Crippen LogP) is 4.65. The first kappa shape index (κ1) is 22.4. The van der Waals surface area contributed by atoms with Crippen molar-refractivity contribution >= 4 is 28.6 Å². The van der Waals surface area contributed by atoms with Crippen LogP contribution in [0.3, 0.4) is 0 Å². The molecule has 0 saturated heterocycles. The van der Waals surface area contributed by atoms with Crippen molar-refractivity contribution in [3.8, 4) is 0 Å². The lowest BCUT2D eigenvalue weighted by molar-refractivity contribution is -0.125. The summed E-state index contributed by atoms with van der Waals surface area (Å²) in [5.41, 5.74) is 2.42. The van der Waals surface area contributed by atoms with Gasteiger partial charge in [-0.1, -0.05) is 78.5 Å². The summed E-state index contributed by atoms with van der Waals surface area (Å²) in [5, 5.41) is -0.208. The smallest absolute Gasteiger partial charge is 0.244 e. The van der Waals surface area contributed by atoms with Crippen LogP contribution in [0.4, 0.5) is 5.82 Å². The molecule has 2 aromatic carbocycles. The Morgan fingerprint density at radius 3 is 2.15 bits per heavy atom. The molecule has 6 nitrogen and oxygen atoms in total. The lowest BCUT2D eigenvalue weighted by atomic mass is 9.98. The second-order valence-electron chi connectivity index (χ2n) is 7.30. The highest BCUT2D eigenvalue weighted by molar-refractivity contribution is 8.13. The van der Waals surface area contributed by atoms with E-state index in [9.17, 15) is 9.59 Å². The van der Waals surface area contributed by atoms with Crippen LogP contribution < -0.4 is 4.90 Å². The Bertz CT molecular complexity index is 1180. The number of benzene rings is 2. The number of carbonyl (C=O) groups is 2. The van der Waals surface area contributed by atoms with Gasteiger partial charge in [0.25, 0.3) is 0 Å². The van der Waals surface area contributed by atoms with Crippen LogP contribution in [0.5, 0.6) is 0 Å². The van der Waals surface area contributed by atoms with Gasteiger partial charge in [-0.3, -0.25) is 14.5 Å². The lowest BCUT2D eigenvalue weighted by Gasteiger charge is -2.26. The highest BCUT2D eigenvalue weighted by Gasteiger charge is 2.33. The Morgan fingerprint density at radius 1 is 0.818 bits per heavy atom. The van der Waals surface area contributed by atoms with Gasteiger partial charge in [-0.05, 0) is 23.3 Å². The number of carbonyl (C=O) groups excluding carboxylic acids is 2. The van der Waals surface area contributed by atoms with E-state index in [2.05, 4.69) is 15.0 Å². The molecule has 0 radical (unpaired) electrons. The van der Waals surface area contributed by atoms with Crippen LogP contribution in [-0.4, -0.2) is 26.0 Å². The topological polar surface area (TPSA) is 76.1 Å². The standard InChI is InChI=1S/C26H22N4O2S/c31-25(30(23-13-7-8-14-29-23)17-21-15-27-19-28-16-21)24(22-11-5-2-6-12-22)26(32)33-18-20-9-3-1-4-10-20/h1-16,19,24H,17-18H2. The van der Waals surface area contributed by atoms with Gasteiger partial charge in [0.2, 0.25) is 11.0 Å². The fourth-order valence-electron chi connectivity index (χ4n) is 3.37. The second kappa shape index (κ2) is 11.2. The number of anilines is 1. The average molecular weight is 455 g/mol. The monoisotopic (exact) mass is 454 g/mol. The third kappa shape index (κ3) is 5.90. The molecule has 0 N–H and O–H groups in total. The molecule has 33 heavy (non-hydrogen) atoms. The van der Waals surface area contributed by atoms with Gasteiger partial charge in [0.1, 0.15) is 18.1 Å². The Morgan fingerprint density at radius 2 is 1.48 bits per heavy atom. The number of nitrogens with zero attached hydrogens (tertiary/aromatic N) is 4. The molecule has 1 amide bonds. The van der Waals surface area contributed by atoms with Gasteiger partial charge in [-0.2, -0.15) is 0 Å². The van der Waals surface area contributed by atoms with Gasteiger partial charge in [0.15, 0.2) is 0 Å². The first-order chi connectivity index (χ1) is 16.2. The highest BCUT2D eigenvalue weighted by atomic mass is 32.2. The van der Waals surface area contributed by atoms with Crippen molar-refractivity contribution in [1.82, 2.24) is 15.0 Å². The molecule has 0 aliphatic heterocycles. The van der Waals surface area contributed by atoms with Crippen LogP contribution in [0, 0.1) is 0 Å². The summed E-state index contributed by atoms with van der Waals surface area (Å²) in [6, 6.07) is 24.3. The molecule has 4 aromatic rings. The highest BCUT2D eigenvalue weighted by Crippen LogP contribution is 2.29. The van der Waals surface area contributed by atoms with E-state index in [-0.39, 0.29) is 17.6 Å². The van der Waals surface area contributed by atoms with Crippen LogP contribution in [0.2, 0.25) is 0 Å². The maximum atomic E-state index is 13.9. The average Bonchev–Trinajstić information content (AvgIpc) is 2.88. The normalized spacial score (nSPS) is 11.5. The molecular weight excluding hydrogens is 432 g/mol. The fourth-order valence-corrected chi connectivity index (χ4v) is 4.28. The van der Waals surface area contributed by atoms with Crippen molar-refractivity contribution in [1.29, 1.82) is 0 Å².